The Bertz CT molecular complexity index is 454. The summed E-state index contributed by atoms with van der Waals surface area (Å²) in [4.78, 5) is 23.1. The molecule has 98 valence electrons. The zero-order chi connectivity index (χ0) is 13.5. The molecule has 3 amide bonds. The number of nitrogens with one attached hydrogen (secondary N) is 2. The molecule has 0 radical (unpaired) electrons. The summed E-state index contributed by atoms with van der Waals surface area (Å²) in [5.41, 5.74) is 6.11. The summed E-state index contributed by atoms with van der Waals surface area (Å²) in [6.07, 6.45) is 0.250. The average molecular weight is 288 g/mol. The number of halogens is 1. The zero-order valence-electron chi connectivity index (χ0n) is 9.83. The highest BCUT2D eigenvalue weighted by Crippen LogP contribution is 2.26. The van der Waals surface area contributed by atoms with E-state index < -0.39 is 6.03 Å². The van der Waals surface area contributed by atoms with Crippen LogP contribution in [0.2, 0.25) is 5.02 Å². The van der Waals surface area contributed by atoms with Gasteiger partial charge in [0.1, 0.15) is 0 Å². The number of nitrogen functional groups attached to an aromatic ring is 1. The lowest BCUT2D eigenvalue weighted by molar-refractivity contribution is -0.119. The summed E-state index contributed by atoms with van der Waals surface area (Å²) in [7, 11) is 1.45. The topological polar surface area (TPSA) is 84.2 Å². The van der Waals surface area contributed by atoms with Crippen LogP contribution in [0.4, 0.5) is 10.5 Å². The molecule has 0 saturated carbocycles. The minimum Gasteiger partial charge on any atom is -0.398 e. The van der Waals surface area contributed by atoms with E-state index in [2.05, 4.69) is 10.6 Å². The van der Waals surface area contributed by atoms with Gasteiger partial charge >= 0.3 is 6.03 Å². The van der Waals surface area contributed by atoms with Gasteiger partial charge in [-0.05, 0) is 18.2 Å². The van der Waals surface area contributed by atoms with Crippen molar-refractivity contribution in [2.75, 3.05) is 18.5 Å². The van der Waals surface area contributed by atoms with E-state index in [1.165, 1.54) is 18.8 Å². The van der Waals surface area contributed by atoms with E-state index in [4.69, 9.17) is 17.3 Å². The number of amides is 3. The molecule has 0 heterocycles. The third kappa shape index (κ3) is 4.85. The maximum Gasteiger partial charge on any atom is 0.321 e. The number of urea groups is 1. The Morgan fingerprint density at radius 2 is 2.17 bits per heavy atom. The van der Waals surface area contributed by atoms with Gasteiger partial charge in [0, 0.05) is 24.1 Å². The predicted molar refractivity (Wildman–Crippen MR) is 73.8 cm³/mol. The van der Waals surface area contributed by atoms with Crippen LogP contribution in [0.3, 0.4) is 0 Å². The fraction of sp³-hybridized carbons (Fsp3) is 0.273. The molecule has 0 aliphatic rings. The molecule has 0 aliphatic carbocycles. The molecule has 0 aromatic heterocycles. The van der Waals surface area contributed by atoms with Gasteiger partial charge in [-0.3, -0.25) is 10.1 Å². The van der Waals surface area contributed by atoms with Gasteiger partial charge in [-0.25, -0.2) is 4.79 Å². The van der Waals surface area contributed by atoms with Gasteiger partial charge in [-0.1, -0.05) is 11.6 Å². The van der Waals surface area contributed by atoms with Crippen LogP contribution in [-0.2, 0) is 4.79 Å². The maximum absolute atomic E-state index is 11.3. The molecule has 0 atom stereocenters. The first-order chi connectivity index (χ1) is 8.52. The van der Waals surface area contributed by atoms with Gasteiger partial charge in [-0.15, -0.1) is 11.8 Å². The van der Waals surface area contributed by atoms with Crippen molar-refractivity contribution in [2.45, 2.75) is 11.3 Å². The van der Waals surface area contributed by atoms with E-state index in [-0.39, 0.29) is 12.3 Å². The maximum atomic E-state index is 11.3. The minimum atomic E-state index is -0.500. The van der Waals surface area contributed by atoms with Crippen LogP contribution >= 0.6 is 23.4 Å². The lowest BCUT2D eigenvalue weighted by atomic mass is 10.3. The van der Waals surface area contributed by atoms with Gasteiger partial charge in [0.25, 0.3) is 0 Å². The molecule has 0 bridgehead atoms. The Balaban J connectivity index is 2.35. The normalized spacial score (nSPS) is 9.89. The second-order valence-electron chi connectivity index (χ2n) is 3.41. The van der Waals surface area contributed by atoms with Crippen LogP contribution in [-0.4, -0.2) is 24.7 Å². The molecule has 7 heteroatoms. The second kappa shape index (κ2) is 7.13. The molecule has 4 N–H and O–H groups in total. The van der Waals surface area contributed by atoms with E-state index in [1.54, 1.807) is 12.1 Å². The van der Waals surface area contributed by atoms with Crippen molar-refractivity contribution in [3.05, 3.63) is 23.2 Å². The summed E-state index contributed by atoms with van der Waals surface area (Å²) in [5, 5.41) is 4.99. The van der Waals surface area contributed by atoms with Crippen molar-refractivity contribution in [3.8, 4) is 0 Å². The molecule has 0 aliphatic heterocycles. The number of thioether (sulfide) groups is 1. The number of nitrogens with two attached hydrogens (primary N) is 1. The van der Waals surface area contributed by atoms with Crippen molar-refractivity contribution in [2.24, 2.45) is 0 Å². The van der Waals surface area contributed by atoms with Gasteiger partial charge < -0.3 is 11.1 Å². The highest BCUT2D eigenvalue weighted by molar-refractivity contribution is 7.99. The Labute approximate surface area is 114 Å². The van der Waals surface area contributed by atoms with Crippen LogP contribution in [0.25, 0.3) is 0 Å². The zero-order valence-corrected chi connectivity index (χ0v) is 11.4. The number of hydrogen-bond acceptors (Lipinski definition) is 4. The van der Waals surface area contributed by atoms with Crippen molar-refractivity contribution < 1.29 is 9.59 Å². The molecule has 0 spiro atoms. The van der Waals surface area contributed by atoms with Crippen molar-refractivity contribution >= 4 is 41.0 Å². The van der Waals surface area contributed by atoms with Gasteiger partial charge in [0.05, 0.1) is 10.7 Å². The fourth-order valence-corrected chi connectivity index (χ4v) is 2.24. The highest BCUT2D eigenvalue weighted by atomic mass is 35.5. The monoisotopic (exact) mass is 287 g/mol. The smallest absolute Gasteiger partial charge is 0.321 e. The van der Waals surface area contributed by atoms with Crippen LogP contribution in [0.5, 0.6) is 0 Å². The van der Waals surface area contributed by atoms with E-state index >= 15 is 0 Å². The first-order valence-corrected chi connectivity index (χ1v) is 6.58. The number of rotatable bonds is 4. The number of carbonyl (C=O) groups excluding carboxylic acids is 2. The van der Waals surface area contributed by atoms with Crippen LogP contribution < -0.4 is 16.4 Å². The van der Waals surface area contributed by atoms with Crippen LogP contribution in [0.1, 0.15) is 6.42 Å². The molecule has 1 aromatic rings. The first kappa shape index (κ1) is 14.7. The van der Waals surface area contributed by atoms with E-state index in [9.17, 15) is 9.59 Å². The van der Waals surface area contributed by atoms with Crippen molar-refractivity contribution in [3.63, 3.8) is 0 Å². The van der Waals surface area contributed by atoms with E-state index in [0.29, 0.717) is 16.5 Å². The highest BCUT2D eigenvalue weighted by Gasteiger charge is 2.06. The molecule has 1 rings (SSSR count). The molecule has 1 aromatic carbocycles. The lowest BCUT2D eigenvalue weighted by Gasteiger charge is -2.04. The summed E-state index contributed by atoms with van der Waals surface area (Å²) in [5.74, 6) is 0.242. The average Bonchev–Trinajstić information content (AvgIpc) is 2.33. The molecule has 0 saturated heterocycles. The van der Waals surface area contributed by atoms with E-state index in [0.717, 1.165) is 4.90 Å². The minimum absolute atomic E-state index is 0.250. The summed E-state index contributed by atoms with van der Waals surface area (Å²) in [6.45, 7) is 0. The Morgan fingerprint density at radius 3 is 2.78 bits per heavy atom. The lowest BCUT2D eigenvalue weighted by Crippen LogP contribution is -2.37. The summed E-state index contributed by atoms with van der Waals surface area (Å²) < 4.78 is 0. The molecule has 5 nitrogen and oxygen atoms in total. The Hall–Kier alpha value is -1.40. The van der Waals surface area contributed by atoms with Gasteiger partial charge in [-0.2, -0.15) is 0 Å². The number of anilines is 1. The predicted octanol–water partition coefficient (Wildman–Crippen LogP) is 1.86. The number of carbonyl (C=O) groups is 2. The molecule has 0 fully saturated rings. The SMILES string of the molecule is CNC(=O)NC(=O)CCSc1ccc(N)c(Cl)c1. The Kier molecular flexibility index (Phi) is 5.80. The largest absolute Gasteiger partial charge is 0.398 e. The number of benzene rings is 1. The first-order valence-electron chi connectivity index (χ1n) is 5.22. The molecule has 0 unspecified atom stereocenters. The summed E-state index contributed by atoms with van der Waals surface area (Å²) in [6, 6.07) is 4.80. The Morgan fingerprint density at radius 1 is 1.44 bits per heavy atom. The van der Waals surface area contributed by atoms with Crippen LogP contribution in [0, 0.1) is 0 Å². The summed E-state index contributed by atoms with van der Waals surface area (Å²) >= 11 is 7.35. The fourth-order valence-electron chi connectivity index (χ4n) is 1.11. The third-order valence-electron chi connectivity index (χ3n) is 2.05. The molecule has 18 heavy (non-hydrogen) atoms. The standard InChI is InChI=1S/C11H14ClN3O2S/c1-14-11(17)15-10(16)4-5-18-7-2-3-9(13)8(12)6-7/h2-3,6H,4-5,13H2,1H3,(H2,14,15,16,17). The van der Waals surface area contributed by atoms with Crippen LogP contribution in [0.15, 0.2) is 23.1 Å². The van der Waals surface area contributed by atoms with Crippen molar-refractivity contribution in [1.82, 2.24) is 10.6 Å². The third-order valence-corrected chi connectivity index (χ3v) is 3.37. The van der Waals surface area contributed by atoms with Gasteiger partial charge in [0.15, 0.2) is 0 Å². The van der Waals surface area contributed by atoms with Gasteiger partial charge in [0.2, 0.25) is 5.91 Å². The number of hydrogen-bond donors (Lipinski definition) is 3. The van der Waals surface area contributed by atoms with Crippen molar-refractivity contribution in [1.29, 1.82) is 0 Å². The number of imide groups is 1. The molecular weight excluding hydrogens is 274 g/mol. The van der Waals surface area contributed by atoms with E-state index in [1.807, 2.05) is 6.07 Å². The molecular formula is C11H14ClN3O2S. The second-order valence-corrected chi connectivity index (χ2v) is 4.98. The quantitative estimate of drug-likeness (QED) is 0.583.